The van der Waals surface area contributed by atoms with Gasteiger partial charge >= 0.3 is 5.69 Å². The number of aromatic nitrogens is 2. The van der Waals surface area contributed by atoms with Crippen molar-refractivity contribution in [3.05, 3.63) is 74.4 Å². The predicted molar refractivity (Wildman–Crippen MR) is 101 cm³/mol. The van der Waals surface area contributed by atoms with Gasteiger partial charge in [0.15, 0.2) is 0 Å². The van der Waals surface area contributed by atoms with Gasteiger partial charge in [-0.1, -0.05) is 29.8 Å². The van der Waals surface area contributed by atoms with Crippen molar-refractivity contribution in [1.29, 1.82) is 0 Å². The van der Waals surface area contributed by atoms with Gasteiger partial charge in [0.2, 0.25) is 5.91 Å². The van der Waals surface area contributed by atoms with Gasteiger partial charge in [0, 0.05) is 12.2 Å². The summed E-state index contributed by atoms with van der Waals surface area (Å²) in [6.07, 6.45) is 1.79. The summed E-state index contributed by atoms with van der Waals surface area (Å²) in [6.45, 7) is 2.34. The molecule has 0 unspecified atom stereocenters. The number of carbonyl (C=O) groups is 1. The summed E-state index contributed by atoms with van der Waals surface area (Å²) in [4.78, 5) is 42.1. The van der Waals surface area contributed by atoms with Gasteiger partial charge in [-0.15, -0.1) is 0 Å². The molecule has 1 aromatic heterocycles. The number of H-pyrrole nitrogens is 1. The van der Waals surface area contributed by atoms with Gasteiger partial charge in [-0.3, -0.25) is 14.2 Å². The van der Waals surface area contributed by atoms with E-state index in [1.165, 1.54) is 0 Å². The zero-order valence-corrected chi connectivity index (χ0v) is 14.5. The topological polar surface area (TPSA) is 75.2 Å². The van der Waals surface area contributed by atoms with E-state index in [-0.39, 0.29) is 12.5 Å². The molecule has 1 amide bonds. The highest BCUT2D eigenvalue weighted by Crippen LogP contribution is 2.28. The van der Waals surface area contributed by atoms with E-state index in [0.29, 0.717) is 17.4 Å². The van der Waals surface area contributed by atoms with E-state index in [1.807, 2.05) is 19.1 Å². The van der Waals surface area contributed by atoms with Crippen LogP contribution in [-0.2, 0) is 17.8 Å². The molecule has 1 N–H and O–H groups in total. The molecule has 6 nitrogen and oxygen atoms in total. The minimum atomic E-state index is -0.566. The third-order valence-corrected chi connectivity index (χ3v) is 4.84. The summed E-state index contributed by atoms with van der Waals surface area (Å²) in [6, 6.07) is 12.8. The molecule has 0 fully saturated rings. The number of hydrogen-bond acceptors (Lipinski definition) is 3. The van der Waals surface area contributed by atoms with Gasteiger partial charge < -0.3 is 9.88 Å². The zero-order chi connectivity index (χ0) is 18.3. The second kappa shape index (κ2) is 6.29. The number of benzene rings is 2. The average molecular weight is 349 g/mol. The van der Waals surface area contributed by atoms with Gasteiger partial charge in [-0.05, 0) is 43.5 Å². The monoisotopic (exact) mass is 349 g/mol. The van der Waals surface area contributed by atoms with Crippen molar-refractivity contribution in [2.24, 2.45) is 0 Å². The second-order valence-corrected chi connectivity index (χ2v) is 6.65. The van der Waals surface area contributed by atoms with Crippen LogP contribution in [0.2, 0.25) is 0 Å². The summed E-state index contributed by atoms with van der Waals surface area (Å²) in [7, 11) is 0. The molecule has 0 saturated carbocycles. The second-order valence-electron chi connectivity index (χ2n) is 6.65. The maximum atomic E-state index is 12.9. The Kier molecular flexibility index (Phi) is 3.95. The van der Waals surface area contributed by atoms with Crippen LogP contribution < -0.4 is 16.1 Å². The number of aryl methyl sites for hydroxylation is 2. The van der Waals surface area contributed by atoms with Crippen molar-refractivity contribution in [2.75, 3.05) is 11.4 Å². The molecule has 26 heavy (non-hydrogen) atoms. The molecule has 132 valence electrons. The Bertz CT molecular complexity index is 1130. The van der Waals surface area contributed by atoms with Crippen molar-refractivity contribution < 1.29 is 4.79 Å². The van der Waals surface area contributed by atoms with E-state index in [0.717, 1.165) is 34.2 Å². The number of anilines is 1. The number of nitrogens with zero attached hydrogens (tertiary/aromatic N) is 2. The van der Waals surface area contributed by atoms with Crippen molar-refractivity contribution in [3.8, 4) is 0 Å². The first kappa shape index (κ1) is 16.3. The summed E-state index contributed by atoms with van der Waals surface area (Å²) in [5.74, 6) is -0.252. The van der Waals surface area contributed by atoms with E-state index >= 15 is 0 Å². The SMILES string of the molecule is Cc1ccc2c(c1)CCCN2C(=O)Cn1c(=O)[nH]c2ccccc2c1=O. The van der Waals surface area contributed by atoms with Gasteiger partial charge in [0.25, 0.3) is 5.56 Å². The molecular formula is C20H19N3O3. The van der Waals surface area contributed by atoms with Crippen LogP contribution in [0.15, 0.2) is 52.1 Å². The molecule has 0 radical (unpaired) electrons. The molecule has 0 spiro atoms. The van der Waals surface area contributed by atoms with Crippen LogP contribution in [-0.4, -0.2) is 22.0 Å². The van der Waals surface area contributed by atoms with Crippen LogP contribution in [0.5, 0.6) is 0 Å². The number of fused-ring (bicyclic) bond motifs is 2. The number of para-hydroxylation sites is 1. The molecule has 2 aromatic carbocycles. The molecule has 1 aliphatic heterocycles. The van der Waals surface area contributed by atoms with E-state index in [2.05, 4.69) is 11.1 Å². The Morgan fingerprint density at radius 1 is 1.15 bits per heavy atom. The minimum Gasteiger partial charge on any atom is -0.311 e. The minimum absolute atomic E-state index is 0.252. The number of rotatable bonds is 2. The number of hydrogen-bond donors (Lipinski definition) is 1. The maximum absolute atomic E-state index is 12.9. The molecule has 0 bridgehead atoms. The average Bonchev–Trinajstić information content (AvgIpc) is 2.64. The Labute approximate surface area is 149 Å². The molecular weight excluding hydrogens is 330 g/mol. The lowest BCUT2D eigenvalue weighted by Crippen LogP contribution is -2.44. The Morgan fingerprint density at radius 3 is 2.81 bits per heavy atom. The van der Waals surface area contributed by atoms with Gasteiger partial charge in [0.1, 0.15) is 6.54 Å². The molecule has 2 heterocycles. The summed E-state index contributed by atoms with van der Waals surface area (Å²) in [5.41, 5.74) is 2.62. The fourth-order valence-electron chi connectivity index (χ4n) is 3.55. The highest BCUT2D eigenvalue weighted by atomic mass is 16.2. The Morgan fingerprint density at radius 2 is 1.96 bits per heavy atom. The van der Waals surface area contributed by atoms with Crippen LogP contribution in [0, 0.1) is 6.92 Å². The first-order valence-electron chi connectivity index (χ1n) is 8.66. The molecule has 0 aliphatic carbocycles. The number of carbonyl (C=O) groups excluding carboxylic acids is 1. The maximum Gasteiger partial charge on any atom is 0.329 e. The largest absolute Gasteiger partial charge is 0.329 e. The first-order chi connectivity index (χ1) is 12.5. The third kappa shape index (κ3) is 2.73. The summed E-state index contributed by atoms with van der Waals surface area (Å²) in [5, 5.41) is 0.398. The van der Waals surface area contributed by atoms with Crippen molar-refractivity contribution >= 4 is 22.5 Å². The molecule has 0 saturated heterocycles. The Hall–Kier alpha value is -3.15. The van der Waals surface area contributed by atoms with Crippen molar-refractivity contribution in [1.82, 2.24) is 9.55 Å². The van der Waals surface area contributed by atoms with Crippen LogP contribution >= 0.6 is 0 Å². The van der Waals surface area contributed by atoms with E-state index < -0.39 is 11.2 Å². The molecule has 0 atom stereocenters. The fourth-order valence-corrected chi connectivity index (χ4v) is 3.55. The molecule has 1 aliphatic rings. The lowest BCUT2D eigenvalue weighted by atomic mass is 9.99. The fraction of sp³-hybridized carbons (Fsp3) is 0.250. The highest BCUT2D eigenvalue weighted by Gasteiger charge is 2.23. The van der Waals surface area contributed by atoms with Crippen molar-refractivity contribution in [2.45, 2.75) is 26.3 Å². The summed E-state index contributed by atoms with van der Waals surface area (Å²) < 4.78 is 0.979. The molecule has 6 heteroatoms. The number of nitrogens with one attached hydrogen (secondary N) is 1. The van der Waals surface area contributed by atoms with Crippen LogP contribution in [0.4, 0.5) is 5.69 Å². The molecule has 3 aromatic rings. The molecule has 4 rings (SSSR count). The van der Waals surface area contributed by atoms with Crippen LogP contribution in [0.25, 0.3) is 10.9 Å². The quantitative estimate of drug-likeness (QED) is 0.769. The predicted octanol–water partition coefficient (Wildman–Crippen LogP) is 1.98. The smallest absolute Gasteiger partial charge is 0.311 e. The first-order valence-corrected chi connectivity index (χ1v) is 8.66. The third-order valence-electron chi connectivity index (χ3n) is 4.84. The normalized spacial score (nSPS) is 13.7. The van der Waals surface area contributed by atoms with Crippen LogP contribution in [0.1, 0.15) is 17.5 Å². The Balaban J connectivity index is 1.71. The van der Waals surface area contributed by atoms with E-state index in [9.17, 15) is 14.4 Å². The van der Waals surface area contributed by atoms with Crippen molar-refractivity contribution in [3.63, 3.8) is 0 Å². The zero-order valence-electron chi connectivity index (χ0n) is 14.5. The van der Waals surface area contributed by atoms with E-state index in [1.54, 1.807) is 29.2 Å². The van der Waals surface area contributed by atoms with Crippen LogP contribution in [0.3, 0.4) is 0 Å². The lowest BCUT2D eigenvalue weighted by Gasteiger charge is -2.30. The number of aromatic amines is 1. The van der Waals surface area contributed by atoms with E-state index in [4.69, 9.17) is 0 Å². The summed E-state index contributed by atoms with van der Waals surface area (Å²) >= 11 is 0. The number of amides is 1. The standard InChI is InChI=1S/C20H19N3O3/c1-13-8-9-17-14(11-13)5-4-10-22(17)18(24)12-23-19(25)15-6-2-3-7-16(15)21-20(23)26/h2-3,6-9,11H,4-5,10,12H2,1H3,(H,21,26). The highest BCUT2D eigenvalue weighted by molar-refractivity contribution is 5.94. The van der Waals surface area contributed by atoms with Gasteiger partial charge in [-0.2, -0.15) is 0 Å². The van der Waals surface area contributed by atoms with Gasteiger partial charge in [0.05, 0.1) is 10.9 Å². The van der Waals surface area contributed by atoms with Gasteiger partial charge in [-0.25, -0.2) is 4.79 Å². The lowest BCUT2D eigenvalue weighted by molar-refractivity contribution is -0.119.